The SMILES string of the molecule is Cc1cccc(-c2nc(CNc3c(F)cc(Br)cc3F)cn2-c2ccc3ncc(C(N)=O)n3c2)n1. The number of amides is 1. The normalized spacial score (nSPS) is 11.2. The van der Waals surface area contributed by atoms with Gasteiger partial charge in [-0.25, -0.2) is 23.7 Å². The maximum absolute atomic E-state index is 14.3. The average Bonchev–Trinajstić information content (AvgIpc) is 3.42. The molecule has 0 bridgehead atoms. The highest BCUT2D eigenvalue weighted by Crippen LogP contribution is 2.26. The Hall–Kier alpha value is -4.12. The topological polar surface area (TPSA) is 103 Å². The lowest BCUT2D eigenvalue weighted by atomic mass is 10.3. The first-order valence-electron chi connectivity index (χ1n) is 10.5. The lowest BCUT2D eigenvalue weighted by molar-refractivity contribution is 0.0994. The first kappa shape index (κ1) is 22.7. The zero-order chi connectivity index (χ0) is 24.7. The number of hydrogen-bond acceptors (Lipinski definition) is 5. The zero-order valence-electron chi connectivity index (χ0n) is 18.3. The number of aromatic nitrogens is 5. The standard InChI is InChI=1S/C24H18BrF2N7O/c1-13-3-2-4-19(31-13)24-32-15(9-30-22-17(26)7-14(25)8-18(22)27)11-33(24)16-5-6-21-29-10-20(23(28)35)34(21)12-16/h2-8,10-12,30H,9H2,1H3,(H2,28,35). The highest BCUT2D eigenvalue weighted by molar-refractivity contribution is 9.10. The van der Waals surface area contributed by atoms with E-state index in [1.165, 1.54) is 18.3 Å². The van der Waals surface area contributed by atoms with Crippen LogP contribution >= 0.6 is 15.9 Å². The van der Waals surface area contributed by atoms with Crippen molar-refractivity contribution >= 4 is 33.2 Å². The number of imidazole rings is 2. The number of halogens is 3. The zero-order valence-corrected chi connectivity index (χ0v) is 19.9. The summed E-state index contributed by atoms with van der Waals surface area (Å²) in [7, 11) is 0. The molecular weight excluding hydrogens is 520 g/mol. The van der Waals surface area contributed by atoms with Gasteiger partial charge in [0.1, 0.15) is 34.4 Å². The number of nitrogens with two attached hydrogens (primary N) is 1. The number of nitrogens with zero attached hydrogens (tertiary/aromatic N) is 5. The van der Waals surface area contributed by atoms with Gasteiger partial charge in [0.25, 0.3) is 5.91 Å². The van der Waals surface area contributed by atoms with Crippen LogP contribution in [0.5, 0.6) is 0 Å². The first-order valence-corrected chi connectivity index (χ1v) is 11.3. The van der Waals surface area contributed by atoms with Crippen molar-refractivity contribution in [3.05, 3.63) is 94.2 Å². The molecule has 0 aliphatic rings. The molecule has 4 heterocycles. The van der Waals surface area contributed by atoms with Crippen LogP contribution < -0.4 is 11.1 Å². The molecule has 3 N–H and O–H groups in total. The van der Waals surface area contributed by atoms with Gasteiger partial charge in [0.2, 0.25) is 0 Å². The maximum Gasteiger partial charge on any atom is 0.267 e. The molecule has 0 unspecified atom stereocenters. The van der Waals surface area contributed by atoms with Crippen LogP contribution in [-0.2, 0) is 6.54 Å². The summed E-state index contributed by atoms with van der Waals surface area (Å²) in [5, 5.41) is 2.79. The summed E-state index contributed by atoms with van der Waals surface area (Å²) in [6.45, 7) is 1.93. The van der Waals surface area contributed by atoms with Crippen LogP contribution in [0, 0.1) is 18.6 Å². The van der Waals surface area contributed by atoms with Crippen molar-refractivity contribution < 1.29 is 13.6 Å². The van der Waals surface area contributed by atoms with Crippen molar-refractivity contribution in [2.45, 2.75) is 13.5 Å². The van der Waals surface area contributed by atoms with Crippen LogP contribution in [0.25, 0.3) is 22.9 Å². The lowest BCUT2D eigenvalue weighted by Gasteiger charge is -2.09. The molecule has 0 fully saturated rings. The molecule has 0 saturated heterocycles. The molecule has 0 aliphatic carbocycles. The minimum Gasteiger partial charge on any atom is -0.375 e. The van der Waals surface area contributed by atoms with Crippen molar-refractivity contribution in [3.63, 3.8) is 0 Å². The fourth-order valence-corrected chi connectivity index (χ4v) is 4.15. The van der Waals surface area contributed by atoms with Crippen molar-refractivity contribution in [2.75, 3.05) is 5.32 Å². The summed E-state index contributed by atoms with van der Waals surface area (Å²) in [6, 6.07) is 11.5. The Morgan fingerprint density at radius 3 is 2.60 bits per heavy atom. The number of anilines is 1. The van der Waals surface area contributed by atoms with Gasteiger partial charge < -0.3 is 11.1 Å². The number of aryl methyl sites for hydroxylation is 1. The van der Waals surface area contributed by atoms with Gasteiger partial charge >= 0.3 is 0 Å². The molecule has 5 aromatic rings. The van der Waals surface area contributed by atoms with E-state index in [0.29, 0.717) is 33.0 Å². The largest absolute Gasteiger partial charge is 0.375 e. The number of rotatable bonds is 6. The number of benzene rings is 1. The minimum atomic E-state index is -0.721. The predicted molar refractivity (Wildman–Crippen MR) is 130 cm³/mol. The highest BCUT2D eigenvalue weighted by Gasteiger charge is 2.17. The van der Waals surface area contributed by atoms with Gasteiger partial charge in [0.05, 0.1) is 24.1 Å². The van der Waals surface area contributed by atoms with Gasteiger partial charge in [0, 0.05) is 22.6 Å². The number of pyridine rings is 2. The third kappa shape index (κ3) is 4.37. The van der Waals surface area contributed by atoms with E-state index >= 15 is 0 Å². The predicted octanol–water partition coefficient (Wildman–Crippen LogP) is 4.64. The van der Waals surface area contributed by atoms with E-state index in [9.17, 15) is 13.6 Å². The van der Waals surface area contributed by atoms with Gasteiger partial charge in [-0.3, -0.25) is 13.8 Å². The van der Waals surface area contributed by atoms with Crippen molar-refractivity contribution in [1.29, 1.82) is 0 Å². The Kier molecular flexibility index (Phi) is 5.77. The number of carbonyl (C=O) groups excluding carboxylic acids is 1. The van der Waals surface area contributed by atoms with Crippen molar-refractivity contribution in [2.24, 2.45) is 5.73 Å². The van der Waals surface area contributed by atoms with E-state index in [0.717, 1.165) is 5.69 Å². The van der Waals surface area contributed by atoms with Crippen LogP contribution in [0.1, 0.15) is 21.9 Å². The Balaban J connectivity index is 1.58. The van der Waals surface area contributed by atoms with E-state index in [4.69, 9.17) is 5.73 Å². The van der Waals surface area contributed by atoms with Crippen molar-refractivity contribution in [3.8, 4) is 17.2 Å². The molecule has 4 aromatic heterocycles. The Bertz CT molecular complexity index is 1570. The first-order chi connectivity index (χ1) is 16.8. The van der Waals surface area contributed by atoms with Gasteiger partial charge in [-0.05, 0) is 43.3 Å². The highest BCUT2D eigenvalue weighted by atomic mass is 79.9. The molecular formula is C24H18BrF2N7O. The van der Waals surface area contributed by atoms with Gasteiger partial charge in [-0.1, -0.05) is 22.0 Å². The smallest absolute Gasteiger partial charge is 0.267 e. The van der Waals surface area contributed by atoms with Crippen LogP contribution in [0.2, 0.25) is 0 Å². The summed E-state index contributed by atoms with van der Waals surface area (Å²) >= 11 is 3.08. The summed E-state index contributed by atoms with van der Waals surface area (Å²) in [4.78, 5) is 25.3. The fourth-order valence-electron chi connectivity index (χ4n) is 3.74. The van der Waals surface area contributed by atoms with Crippen LogP contribution in [0.4, 0.5) is 14.5 Å². The van der Waals surface area contributed by atoms with Crippen LogP contribution in [-0.4, -0.2) is 29.8 Å². The quantitative estimate of drug-likeness (QED) is 0.328. The molecule has 8 nitrogen and oxygen atoms in total. The Morgan fingerprint density at radius 1 is 1.11 bits per heavy atom. The number of nitrogens with one attached hydrogen (secondary N) is 1. The molecule has 0 saturated carbocycles. The molecule has 5 rings (SSSR count). The monoisotopic (exact) mass is 537 g/mol. The van der Waals surface area contributed by atoms with E-state index < -0.39 is 17.5 Å². The molecule has 11 heteroatoms. The maximum atomic E-state index is 14.3. The summed E-state index contributed by atoms with van der Waals surface area (Å²) < 4.78 is 32.2. The molecule has 176 valence electrons. The Labute approximate surface area is 206 Å². The second-order valence-corrected chi connectivity index (χ2v) is 8.73. The van der Waals surface area contributed by atoms with E-state index in [1.54, 1.807) is 27.4 Å². The summed E-state index contributed by atoms with van der Waals surface area (Å²) in [5.41, 5.74) is 8.62. The summed E-state index contributed by atoms with van der Waals surface area (Å²) in [6.07, 6.45) is 4.87. The number of hydrogen-bond donors (Lipinski definition) is 2. The van der Waals surface area contributed by atoms with Gasteiger partial charge in [-0.15, -0.1) is 0 Å². The molecule has 0 atom stereocenters. The molecule has 0 radical (unpaired) electrons. The molecule has 35 heavy (non-hydrogen) atoms. The average molecular weight is 538 g/mol. The van der Waals surface area contributed by atoms with E-state index in [-0.39, 0.29) is 17.9 Å². The van der Waals surface area contributed by atoms with Crippen LogP contribution in [0.15, 0.2) is 65.5 Å². The van der Waals surface area contributed by atoms with Gasteiger partial charge in [-0.2, -0.15) is 0 Å². The van der Waals surface area contributed by atoms with E-state index in [1.807, 2.05) is 31.2 Å². The second-order valence-electron chi connectivity index (χ2n) is 7.81. The van der Waals surface area contributed by atoms with Gasteiger partial charge in [0.15, 0.2) is 5.82 Å². The Morgan fingerprint density at radius 2 is 1.89 bits per heavy atom. The third-order valence-electron chi connectivity index (χ3n) is 5.35. The fraction of sp³-hybridized carbons (Fsp3) is 0.0833. The minimum absolute atomic E-state index is 0.0567. The van der Waals surface area contributed by atoms with Crippen LogP contribution in [0.3, 0.4) is 0 Å². The molecule has 0 spiro atoms. The number of primary amides is 1. The second kappa shape index (κ2) is 8.91. The lowest BCUT2D eigenvalue weighted by Crippen LogP contribution is -2.13. The number of carbonyl (C=O) groups is 1. The number of fused-ring (bicyclic) bond motifs is 1. The van der Waals surface area contributed by atoms with E-state index in [2.05, 4.69) is 36.2 Å². The van der Waals surface area contributed by atoms with Crippen molar-refractivity contribution in [1.82, 2.24) is 23.9 Å². The molecule has 1 aromatic carbocycles. The third-order valence-corrected chi connectivity index (χ3v) is 5.80. The molecule has 0 aliphatic heterocycles. The molecule has 1 amide bonds. The summed E-state index contributed by atoms with van der Waals surface area (Å²) in [5.74, 6) is -1.53.